The minimum Gasteiger partial charge on any atom is -0.481 e. The van der Waals surface area contributed by atoms with Crippen LogP contribution in [-0.2, 0) is 18.3 Å². The van der Waals surface area contributed by atoms with Crippen molar-refractivity contribution in [1.82, 2.24) is 9.55 Å². The number of rotatable bonds is 3. The van der Waals surface area contributed by atoms with Gasteiger partial charge in [-0.3, -0.25) is 4.79 Å². The van der Waals surface area contributed by atoms with E-state index in [4.69, 9.17) is 5.11 Å². The van der Waals surface area contributed by atoms with Crippen LogP contribution in [0.5, 0.6) is 0 Å². The number of aliphatic carboxylic acids is 1. The molecule has 88 valence electrons. The molecule has 2 aromatic rings. The van der Waals surface area contributed by atoms with Gasteiger partial charge in [-0.15, -0.1) is 0 Å². The van der Waals surface area contributed by atoms with Crippen LogP contribution in [0.25, 0.3) is 11.3 Å². The first-order valence-electron chi connectivity index (χ1n) is 5.39. The maximum atomic E-state index is 10.7. The fourth-order valence-electron chi connectivity index (χ4n) is 1.99. The summed E-state index contributed by atoms with van der Waals surface area (Å²) in [5.41, 5.74) is 2.88. The Morgan fingerprint density at radius 2 is 2.00 bits per heavy atom. The van der Waals surface area contributed by atoms with Crippen LogP contribution in [0.2, 0.25) is 0 Å². The van der Waals surface area contributed by atoms with E-state index in [0.29, 0.717) is 5.82 Å². The van der Waals surface area contributed by atoms with Gasteiger partial charge in [-0.25, -0.2) is 4.98 Å². The van der Waals surface area contributed by atoms with Crippen molar-refractivity contribution in [2.24, 2.45) is 7.05 Å². The van der Waals surface area contributed by atoms with Crippen LogP contribution in [0.1, 0.15) is 11.5 Å². The maximum Gasteiger partial charge on any atom is 0.311 e. The number of carboxylic acid groups (broad SMARTS) is 1. The fraction of sp³-hybridized carbons (Fsp3) is 0.231. The second-order valence-corrected chi connectivity index (χ2v) is 3.96. The molecule has 0 unspecified atom stereocenters. The SMILES string of the molecule is Cc1nc(CC(=O)O)n(C)c1-c1ccccc1. The summed E-state index contributed by atoms with van der Waals surface area (Å²) in [5.74, 6) is -0.286. The normalized spacial score (nSPS) is 10.5. The molecule has 4 heteroatoms. The van der Waals surface area contributed by atoms with E-state index < -0.39 is 5.97 Å². The van der Waals surface area contributed by atoms with Gasteiger partial charge < -0.3 is 9.67 Å². The maximum absolute atomic E-state index is 10.7. The summed E-state index contributed by atoms with van der Waals surface area (Å²) in [4.78, 5) is 15.0. The zero-order valence-electron chi connectivity index (χ0n) is 9.84. The van der Waals surface area contributed by atoms with Crippen molar-refractivity contribution in [3.05, 3.63) is 41.9 Å². The van der Waals surface area contributed by atoms with Crippen molar-refractivity contribution in [1.29, 1.82) is 0 Å². The lowest BCUT2D eigenvalue weighted by atomic mass is 10.1. The summed E-state index contributed by atoms with van der Waals surface area (Å²) >= 11 is 0. The molecule has 0 radical (unpaired) electrons. The number of aryl methyl sites for hydroxylation is 1. The Morgan fingerprint density at radius 3 is 2.59 bits per heavy atom. The summed E-state index contributed by atoms with van der Waals surface area (Å²) in [6.45, 7) is 1.90. The van der Waals surface area contributed by atoms with Crippen LogP contribution in [-0.4, -0.2) is 20.6 Å². The number of nitrogens with zero attached hydrogens (tertiary/aromatic N) is 2. The predicted molar refractivity (Wildman–Crippen MR) is 64.7 cm³/mol. The number of aromatic nitrogens is 2. The molecule has 1 heterocycles. The van der Waals surface area contributed by atoms with E-state index in [9.17, 15) is 4.79 Å². The summed E-state index contributed by atoms with van der Waals surface area (Å²) in [5, 5.41) is 8.81. The van der Waals surface area contributed by atoms with E-state index in [-0.39, 0.29) is 6.42 Å². The van der Waals surface area contributed by atoms with Gasteiger partial charge in [-0.2, -0.15) is 0 Å². The van der Waals surface area contributed by atoms with Gasteiger partial charge in [-0.05, 0) is 6.92 Å². The Hall–Kier alpha value is -2.10. The van der Waals surface area contributed by atoms with Crippen molar-refractivity contribution in [2.75, 3.05) is 0 Å². The first-order valence-corrected chi connectivity index (χ1v) is 5.39. The number of carbonyl (C=O) groups is 1. The first-order chi connectivity index (χ1) is 8.09. The molecule has 0 aliphatic carbocycles. The Bertz CT molecular complexity index is 544. The molecular weight excluding hydrogens is 216 g/mol. The van der Waals surface area contributed by atoms with Gasteiger partial charge in [-0.1, -0.05) is 30.3 Å². The van der Waals surface area contributed by atoms with Crippen molar-refractivity contribution >= 4 is 5.97 Å². The van der Waals surface area contributed by atoms with Crippen molar-refractivity contribution in [2.45, 2.75) is 13.3 Å². The standard InChI is InChI=1S/C13H14N2O2/c1-9-13(10-6-4-3-5-7-10)15(2)11(14-9)8-12(16)17/h3-7H,8H2,1-2H3,(H,16,17). The highest BCUT2D eigenvalue weighted by Gasteiger charge is 2.14. The van der Waals surface area contributed by atoms with Crippen molar-refractivity contribution in [3.63, 3.8) is 0 Å². The van der Waals surface area contributed by atoms with E-state index in [0.717, 1.165) is 17.0 Å². The van der Waals surface area contributed by atoms with Crippen LogP contribution >= 0.6 is 0 Å². The van der Waals surface area contributed by atoms with Gasteiger partial charge in [0.05, 0.1) is 11.4 Å². The van der Waals surface area contributed by atoms with Crippen LogP contribution in [0, 0.1) is 6.92 Å². The molecule has 2 rings (SSSR count). The van der Waals surface area contributed by atoms with Crippen molar-refractivity contribution in [3.8, 4) is 11.3 Å². The van der Waals surface area contributed by atoms with E-state index in [1.807, 2.05) is 48.9 Å². The van der Waals surface area contributed by atoms with E-state index in [1.165, 1.54) is 0 Å². The van der Waals surface area contributed by atoms with Crippen molar-refractivity contribution < 1.29 is 9.90 Å². The summed E-state index contributed by atoms with van der Waals surface area (Å²) in [7, 11) is 1.85. The Kier molecular flexibility index (Phi) is 2.95. The number of hydrogen-bond donors (Lipinski definition) is 1. The van der Waals surface area contributed by atoms with Gasteiger partial charge in [0.15, 0.2) is 0 Å². The molecule has 0 atom stereocenters. The number of hydrogen-bond acceptors (Lipinski definition) is 2. The van der Waals surface area contributed by atoms with Gasteiger partial charge in [0.2, 0.25) is 0 Å². The number of carboxylic acids is 1. The molecule has 0 saturated heterocycles. The third-order valence-electron chi connectivity index (χ3n) is 2.72. The van der Waals surface area contributed by atoms with E-state index >= 15 is 0 Å². The zero-order chi connectivity index (χ0) is 12.4. The third kappa shape index (κ3) is 2.20. The third-order valence-corrected chi connectivity index (χ3v) is 2.72. The first kappa shape index (κ1) is 11.4. The Balaban J connectivity index is 2.49. The van der Waals surface area contributed by atoms with Gasteiger partial charge in [0, 0.05) is 12.6 Å². The molecule has 0 aliphatic heterocycles. The van der Waals surface area contributed by atoms with Crippen LogP contribution in [0.3, 0.4) is 0 Å². The smallest absolute Gasteiger partial charge is 0.311 e. The molecule has 0 amide bonds. The average molecular weight is 230 g/mol. The highest BCUT2D eigenvalue weighted by molar-refractivity contribution is 5.70. The molecule has 0 saturated carbocycles. The van der Waals surface area contributed by atoms with E-state index in [2.05, 4.69) is 4.98 Å². The predicted octanol–water partition coefficient (Wildman–Crippen LogP) is 2.02. The molecular formula is C13H14N2O2. The summed E-state index contributed by atoms with van der Waals surface area (Å²) in [6, 6.07) is 9.85. The second-order valence-electron chi connectivity index (χ2n) is 3.96. The molecule has 0 bridgehead atoms. The lowest BCUT2D eigenvalue weighted by Crippen LogP contribution is -2.07. The molecule has 1 N–H and O–H groups in total. The zero-order valence-corrected chi connectivity index (χ0v) is 9.84. The highest BCUT2D eigenvalue weighted by Crippen LogP contribution is 2.23. The fourth-order valence-corrected chi connectivity index (χ4v) is 1.99. The Morgan fingerprint density at radius 1 is 1.35 bits per heavy atom. The van der Waals surface area contributed by atoms with Crippen LogP contribution in [0.4, 0.5) is 0 Å². The monoisotopic (exact) mass is 230 g/mol. The molecule has 0 fully saturated rings. The lowest BCUT2D eigenvalue weighted by Gasteiger charge is -2.05. The van der Waals surface area contributed by atoms with Gasteiger partial charge in [0.1, 0.15) is 12.2 Å². The second kappa shape index (κ2) is 4.41. The largest absolute Gasteiger partial charge is 0.481 e. The Labute approximate surface area is 99.5 Å². The van der Waals surface area contributed by atoms with Crippen LogP contribution < -0.4 is 0 Å². The topological polar surface area (TPSA) is 55.1 Å². The number of imidazole rings is 1. The van der Waals surface area contributed by atoms with Gasteiger partial charge >= 0.3 is 5.97 Å². The molecule has 17 heavy (non-hydrogen) atoms. The molecule has 1 aromatic heterocycles. The average Bonchev–Trinajstić information content (AvgIpc) is 2.54. The quantitative estimate of drug-likeness (QED) is 0.877. The summed E-state index contributed by atoms with van der Waals surface area (Å²) < 4.78 is 1.85. The highest BCUT2D eigenvalue weighted by atomic mass is 16.4. The minimum atomic E-state index is -0.863. The van der Waals surface area contributed by atoms with Crippen LogP contribution in [0.15, 0.2) is 30.3 Å². The van der Waals surface area contributed by atoms with E-state index in [1.54, 1.807) is 0 Å². The molecule has 0 aliphatic rings. The lowest BCUT2D eigenvalue weighted by molar-refractivity contribution is -0.136. The molecule has 1 aromatic carbocycles. The minimum absolute atomic E-state index is 0.0514. The summed E-state index contributed by atoms with van der Waals surface area (Å²) in [6.07, 6.45) is -0.0514. The molecule has 0 spiro atoms. The van der Waals surface area contributed by atoms with Gasteiger partial charge in [0.25, 0.3) is 0 Å². The molecule has 4 nitrogen and oxygen atoms in total. The number of benzene rings is 1.